The molecule has 2 N–H and O–H groups in total. The Kier molecular flexibility index (Phi) is 4.27. The number of halogens is 4. The van der Waals surface area contributed by atoms with Gasteiger partial charge < -0.3 is 10.4 Å². The molecule has 0 radical (unpaired) electrons. The summed E-state index contributed by atoms with van der Waals surface area (Å²) < 4.78 is 54.8. The molecule has 0 atom stereocenters. The van der Waals surface area contributed by atoms with Crippen LogP contribution in [-0.4, -0.2) is 32.4 Å². The smallest absolute Gasteiger partial charge is 0.390 e. The van der Waals surface area contributed by atoms with Crippen LogP contribution in [0, 0.1) is 0 Å². The number of carbonyl (C=O) groups is 1. The van der Waals surface area contributed by atoms with Gasteiger partial charge in [0.05, 0.1) is 16.6 Å². The van der Waals surface area contributed by atoms with Crippen molar-refractivity contribution in [1.82, 2.24) is 15.1 Å². The predicted molar refractivity (Wildman–Crippen MR) is 94.8 cm³/mol. The van der Waals surface area contributed by atoms with Gasteiger partial charge in [-0.05, 0) is 50.8 Å². The highest BCUT2D eigenvalue weighted by atomic mass is 19.4. The molecule has 10 heteroatoms. The molecule has 0 unspecified atom stereocenters. The molecule has 6 nitrogen and oxygen atoms in total. The first-order chi connectivity index (χ1) is 13.4. The lowest BCUT2D eigenvalue weighted by Crippen LogP contribution is -2.54. The molecule has 2 saturated carbocycles. The largest absolute Gasteiger partial charge is 0.416 e. The first kappa shape index (κ1) is 19.8. The Morgan fingerprint density at radius 3 is 2.52 bits per heavy atom. The van der Waals surface area contributed by atoms with Crippen molar-refractivity contribution >= 4 is 16.7 Å². The fraction of sp³-hybridized carbons (Fsp3) is 0.526. The molecular weight excluding hydrogens is 394 g/mol. The van der Waals surface area contributed by atoms with Crippen LogP contribution in [0.15, 0.2) is 23.0 Å². The molecule has 29 heavy (non-hydrogen) atoms. The molecule has 4 rings (SSSR count). The van der Waals surface area contributed by atoms with Gasteiger partial charge in [-0.1, -0.05) is 0 Å². The molecule has 0 aliphatic heterocycles. The number of fused-ring (bicyclic) bond motifs is 1. The zero-order chi connectivity index (χ0) is 21.2. The SMILES string of the molecule is CC1(O)CC(NC(=O)Cn2nc(C3(F)CC3)c3cc(C(F)(F)F)ccc3c2=O)C1. The van der Waals surface area contributed by atoms with E-state index in [0.29, 0.717) is 12.8 Å². The Labute approximate surface area is 162 Å². The molecule has 1 amide bonds. The molecule has 0 saturated heterocycles. The molecule has 1 heterocycles. The van der Waals surface area contributed by atoms with Gasteiger partial charge in [0.15, 0.2) is 5.67 Å². The number of hydrogen-bond acceptors (Lipinski definition) is 4. The molecule has 156 valence electrons. The summed E-state index contributed by atoms with van der Waals surface area (Å²) >= 11 is 0. The van der Waals surface area contributed by atoms with E-state index in [9.17, 15) is 32.3 Å². The number of aliphatic hydroxyl groups is 1. The number of alkyl halides is 4. The Balaban J connectivity index is 1.69. The maximum Gasteiger partial charge on any atom is 0.416 e. The number of aromatic nitrogens is 2. The van der Waals surface area contributed by atoms with Gasteiger partial charge in [0.2, 0.25) is 5.91 Å². The van der Waals surface area contributed by atoms with E-state index in [1.54, 1.807) is 6.92 Å². The van der Waals surface area contributed by atoms with Gasteiger partial charge in [-0.2, -0.15) is 18.3 Å². The number of nitrogens with zero attached hydrogens (tertiary/aromatic N) is 2. The van der Waals surface area contributed by atoms with Crippen LogP contribution in [-0.2, 0) is 23.2 Å². The van der Waals surface area contributed by atoms with Crippen LogP contribution in [0.3, 0.4) is 0 Å². The molecule has 0 spiro atoms. The summed E-state index contributed by atoms with van der Waals surface area (Å²) in [4.78, 5) is 24.9. The number of benzene rings is 1. The monoisotopic (exact) mass is 413 g/mol. The first-order valence-corrected chi connectivity index (χ1v) is 9.21. The highest BCUT2D eigenvalue weighted by Crippen LogP contribution is 2.50. The zero-order valence-electron chi connectivity index (χ0n) is 15.5. The highest BCUT2D eigenvalue weighted by Gasteiger charge is 2.48. The number of carbonyl (C=O) groups excluding carboxylic acids is 1. The van der Waals surface area contributed by atoms with Crippen molar-refractivity contribution in [2.75, 3.05) is 0 Å². The van der Waals surface area contributed by atoms with Gasteiger partial charge >= 0.3 is 6.18 Å². The van der Waals surface area contributed by atoms with E-state index in [4.69, 9.17) is 0 Å². The van der Waals surface area contributed by atoms with E-state index in [1.165, 1.54) is 0 Å². The minimum atomic E-state index is -4.64. The maximum absolute atomic E-state index is 14.8. The van der Waals surface area contributed by atoms with Crippen LogP contribution >= 0.6 is 0 Å². The van der Waals surface area contributed by atoms with Crippen LogP contribution in [0.25, 0.3) is 10.8 Å². The third-order valence-electron chi connectivity index (χ3n) is 5.43. The second-order valence-electron chi connectivity index (χ2n) is 8.20. The van der Waals surface area contributed by atoms with Gasteiger partial charge in [-0.3, -0.25) is 9.59 Å². The van der Waals surface area contributed by atoms with E-state index >= 15 is 0 Å². The number of rotatable bonds is 4. The fourth-order valence-electron chi connectivity index (χ4n) is 3.76. The van der Waals surface area contributed by atoms with Gasteiger partial charge in [0, 0.05) is 11.4 Å². The summed E-state index contributed by atoms with van der Waals surface area (Å²) in [5, 5.41) is 16.0. The lowest BCUT2D eigenvalue weighted by atomic mass is 9.77. The van der Waals surface area contributed by atoms with Gasteiger partial charge in [-0.15, -0.1) is 0 Å². The molecule has 2 aliphatic rings. The summed E-state index contributed by atoms with van der Waals surface area (Å²) in [6.07, 6.45) is -3.72. The third kappa shape index (κ3) is 3.73. The Bertz CT molecular complexity index is 1050. The van der Waals surface area contributed by atoms with Gasteiger partial charge in [0.25, 0.3) is 5.56 Å². The molecule has 2 fully saturated rings. The normalized spacial score (nSPS) is 25.5. The Hall–Kier alpha value is -2.49. The predicted octanol–water partition coefficient (Wildman–Crippen LogP) is 2.40. The molecule has 2 aromatic rings. The Morgan fingerprint density at radius 1 is 1.31 bits per heavy atom. The van der Waals surface area contributed by atoms with Crippen LogP contribution in [0.1, 0.15) is 43.9 Å². The summed E-state index contributed by atoms with van der Waals surface area (Å²) in [5.41, 5.74) is -4.76. The molecule has 1 aromatic heterocycles. The van der Waals surface area contributed by atoms with E-state index < -0.39 is 41.0 Å². The standard InChI is InChI=1S/C19H19F4N3O3/c1-17(29)7-11(8-17)24-14(27)9-26-16(28)12-3-2-10(19(21,22)23)6-13(12)15(25-26)18(20)4-5-18/h2-3,6,11,29H,4-5,7-9H2,1H3,(H,24,27). The summed E-state index contributed by atoms with van der Waals surface area (Å²) in [6.45, 7) is 1.15. The quantitative estimate of drug-likeness (QED) is 0.754. The fourth-order valence-corrected chi connectivity index (χ4v) is 3.76. The van der Waals surface area contributed by atoms with Gasteiger partial charge in [-0.25, -0.2) is 9.07 Å². The van der Waals surface area contributed by atoms with Crippen LogP contribution in [0.4, 0.5) is 17.6 Å². The van der Waals surface area contributed by atoms with Crippen LogP contribution < -0.4 is 10.9 Å². The average molecular weight is 413 g/mol. The maximum atomic E-state index is 14.8. The van der Waals surface area contributed by atoms with Crippen molar-refractivity contribution in [1.29, 1.82) is 0 Å². The van der Waals surface area contributed by atoms with Crippen molar-refractivity contribution in [3.63, 3.8) is 0 Å². The average Bonchev–Trinajstić information content (AvgIpc) is 3.33. The second-order valence-corrected chi connectivity index (χ2v) is 8.20. The zero-order valence-corrected chi connectivity index (χ0v) is 15.5. The number of hydrogen-bond donors (Lipinski definition) is 2. The molecule has 2 aliphatic carbocycles. The lowest BCUT2D eigenvalue weighted by molar-refractivity contribution is -0.137. The molecule has 0 bridgehead atoms. The van der Waals surface area contributed by atoms with Crippen molar-refractivity contribution in [3.05, 3.63) is 39.8 Å². The summed E-state index contributed by atoms with van der Waals surface area (Å²) in [6, 6.07) is 2.25. The second kappa shape index (κ2) is 6.25. The van der Waals surface area contributed by atoms with Crippen LogP contribution in [0.2, 0.25) is 0 Å². The summed E-state index contributed by atoms with van der Waals surface area (Å²) in [7, 11) is 0. The number of nitrogens with one attached hydrogen (secondary N) is 1. The lowest BCUT2D eigenvalue weighted by Gasteiger charge is -2.41. The van der Waals surface area contributed by atoms with Crippen molar-refractivity contribution in [3.8, 4) is 0 Å². The van der Waals surface area contributed by atoms with E-state index in [0.717, 1.165) is 22.9 Å². The first-order valence-electron chi connectivity index (χ1n) is 9.21. The third-order valence-corrected chi connectivity index (χ3v) is 5.43. The van der Waals surface area contributed by atoms with Crippen molar-refractivity contribution in [2.45, 2.75) is 62.6 Å². The van der Waals surface area contributed by atoms with Crippen LogP contribution in [0.5, 0.6) is 0 Å². The van der Waals surface area contributed by atoms with Crippen molar-refractivity contribution in [2.24, 2.45) is 0 Å². The van der Waals surface area contributed by atoms with Gasteiger partial charge in [0.1, 0.15) is 12.2 Å². The minimum Gasteiger partial charge on any atom is -0.390 e. The minimum absolute atomic E-state index is 0.0902. The van der Waals surface area contributed by atoms with E-state index in [1.807, 2.05) is 0 Å². The van der Waals surface area contributed by atoms with Crippen molar-refractivity contribution < 1.29 is 27.5 Å². The highest BCUT2D eigenvalue weighted by molar-refractivity contribution is 5.86. The summed E-state index contributed by atoms with van der Waals surface area (Å²) in [5.74, 6) is -0.541. The molecular formula is C19H19F4N3O3. The Morgan fingerprint density at radius 2 is 1.97 bits per heavy atom. The molecule has 1 aromatic carbocycles. The van der Waals surface area contributed by atoms with E-state index in [-0.39, 0.29) is 35.3 Å². The topological polar surface area (TPSA) is 84.2 Å². The van der Waals surface area contributed by atoms with E-state index in [2.05, 4.69) is 10.4 Å². The number of amides is 1.